The maximum atomic E-state index is 13.5. The van der Waals surface area contributed by atoms with Crippen molar-refractivity contribution >= 4 is 17.7 Å². The molecule has 40 heavy (non-hydrogen) atoms. The fraction of sp³-hybridized carbons (Fsp3) is 0.550. The van der Waals surface area contributed by atoms with Gasteiger partial charge in [-0.15, -0.1) is 0 Å². The van der Waals surface area contributed by atoms with E-state index in [1.165, 1.54) is 0 Å². The number of alkyl halides is 14. The first-order valence-electron chi connectivity index (χ1n) is 9.94. The Morgan fingerprint density at radius 3 is 1.40 bits per heavy atom. The number of ketones is 1. The molecule has 0 radical (unpaired) electrons. The van der Waals surface area contributed by atoms with Crippen LogP contribution in [0.1, 0.15) is 31.1 Å². The maximum absolute atomic E-state index is 13.5. The van der Waals surface area contributed by atoms with Crippen molar-refractivity contribution in [1.29, 1.82) is 0 Å². The zero-order valence-corrected chi connectivity index (χ0v) is 19.6. The van der Waals surface area contributed by atoms with Crippen molar-refractivity contribution in [2.45, 2.75) is 68.7 Å². The van der Waals surface area contributed by atoms with Crippen LogP contribution in [0.3, 0.4) is 0 Å². The summed E-state index contributed by atoms with van der Waals surface area (Å²) in [7, 11) is 0. The summed E-state index contributed by atoms with van der Waals surface area (Å²) in [6.07, 6.45) is -16.0. The van der Waals surface area contributed by atoms with Gasteiger partial charge in [-0.25, -0.2) is 9.59 Å². The number of carbonyl (C=O) groups excluding carboxylic acids is 3. The first-order chi connectivity index (χ1) is 17.5. The summed E-state index contributed by atoms with van der Waals surface area (Å²) in [4.78, 5) is 35.1. The molecule has 1 atom stereocenters. The highest BCUT2D eigenvalue weighted by Crippen LogP contribution is 2.48. The minimum absolute atomic E-state index is 0.540. The van der Waals surface area contributed by atoms with Crippen molar-refractivity contribution < 1.29 is 90.1 Å². The number of Topliss-reactive ketones (excluding diaryl/α,β-unsaturated/α-hetero) is 1. The molecule has 6 nitrogen and oxygen atoms in total. The first kappa shape index (κ1) is 34.7. The van der Waals surface area contributed by atoms with Crippen LogP contribution in [0.4, 0.5) is 61.5 Å². The lowest BCUT2D eigenvalue weighted by Gasteiger charge is -2.30. The number of halogens is 14. The molecule has 1 aromatic carbocycles. The van der Waals surface area contributed by atoms with Crippen molar-refractivity contribution in [3.63, 3.8) is 0 Å². The van der Waals surface area contributed by atoms with Gasteiger partial charge in [0.1, 0.15) is 5.75 Å². The Kier molecular flexibility index (Phi) is 9.16. The van der Waals surface area contributed by atoms with Gasteiger partial charge in [0.15, 0.2) is 5.60 Å². The third-order valence-electron chi connectivity index (χ3n) is 4.60. The Morgan fingerprint density at radius 2 is 1.02 bits per heavy atom. The third-order valence-corrected chi connectivity index (χ3v) is 4.60. The summed E-state index contributed by atoms with van der Waals surface area (Å²) < 4.78 is 191. The van der Waals surface area contributed by atoms with Crippen LogP contribution in [-0.4, -0.2) is 65.7 Å². The molecule has 1 unspecified atom stereocenters. The van der Waals surface area contributed by atoms with Crippen LogP contribution >= 0.6 is 0 Å². The molecule has 0 bridgehead atoms. The summed E-state index contributed by atoms with van der Waals surface area (Å²) in [5, 5.41) is 0. The van der Waals surface area contributed by atoms with Crippen molar-refractivity contribution in [2.24, 2.45) is 0 Å². The van der Waals surface area contributed by atoms with Crippen molar-refractivity contribution in [3.8, 4) is 5.75 Å². The molecule has 0 saturated carbocycles. The summed E-state index contributed by atoms with van der Waals surface area (Å²) in [6.45, 7) is 1.67. The summed E-state index contributed by atoms with van der Waals surface area (Å²) in [5.74, 6) is -35.3. The lowest BCUT2D eigenvalue weighted by molar-refractivity contribution is -0.350. The molecule has 0 aliphatic carbocycles. The second kappa shape index (κ2) is 10.6. The molecule has 0 fully saturated rings. The average molecular weight is 616 g/mol. The first-order valence-corrected chi connectivity index (χ1v) is 9.94. The number of rotatable bonds is 10. The zero-order chi connectivity index (χ0) is 31.9. The molecule has 20 heteroatoms. The van der Waals surface area contributed by atoms with E-state index in [1.54, 1.807) is 0 Å². The average Bonchev–Trinajstić information content (AvgIpc) is 2.76. The largest absolute Gasteiger partial charge is 0.460 e. The minimum atomic E-state index is -6.87. The Hall–Kier alpha value is -3.35. The number of carbonyl (C=O) groups is 3. The van der Waals surface area contributed by atoms with Crippen LogP contribution in [-0.2, 0) is 19.1 Å². The molecule has 228 valence electrons. The number of ether oxygens (including phenoxy) is 3. The SMILES string of the molecule is CC(OC(=O)C(F)(F)C(F)(F)C(F)(F)F)Oc1ccc(C(=O)C(C)(C)OC(=O)C(F)(F)C(F)(F)C(F)(F)F)cc1. The Labute approximate surface area is 213 Å². The van der Waals surface area contributed by atoms with E-state index in [2.05, 4.69) is 14.2 Å². The van der Waals surface area contributed by atoms with Crippen molar-refractivity contribution in [1.82, 2.24) is 0 Å². The van der Waals surface area contributed by atoms with Crippen molar-refractivity contribution in [3.05, 3.63) is 29.8 Å². The van der Waals surface area contributed by atoms with Gasteiger partial charge in [-0.05, 0) is 38.1 Å². The molecular formula is C20H14F14O6. The van der Waals surface area contributed by atoms with Gasteiger partial charge in [0.05, 0.1) is 0 Å². The van der Waals surface area contributed by atoms with Gasteiger partial charge < -0.3 is 14.2 Å². The van der Waals surface area contributed by atoms with Crippen LogP contribution in [0, 0.1) is 0 Å². The molecule has 0 N–H and O–H groups in total. The number of hydrogen-bond acceptors (Lipinski definition) is 6. The van der Waals surface area contributed by atoms with Crippen LogP contribution < -0.4 is 4.74 Å². The van der Waals surface area contributed by atoms with E-state index in [0.29, 0.717) is 45.0 Å². The molecule has 0 saturated heterocycles. The van der Waals surface area contributed by atoms with Crippen LogP contribution in [0.5, 0.6) is 5.75 Å². The molecule has 0 heterocycles. The van der Waals surface area contributed by atoms with Crippen molar-refractivity contribution in [2.75, 3.05) is 0 Å². The number of esters is 2. The minimum Gasteiger partial charge on any atom is -0.455 e. The Morgan fingerprint density at radius 1 is 0.650 bits per heavy atom. The summed E-state index contributed by atoms with van der Waals surface area (Å²) >= 11 is 0. The van der Waals surface area contributed by atoms with Gasteiger partial charge in [-0.3, -0.25) is 4.79 Å². The fourth-order valence-electron chi connectivity index (χ4n) is 2.43. The van der Waals surface area contributed by atoms with E-state index >= 15 is 0 Å². The third kappa shape index (κ3) is 6.51. The molecule has 0 aromatic heterocycles. The molecular weight excluding hydrogens is 602 g/mol. The molecule has 0 aliphatic heterocycles. The van der Waals surface area contributed by atoms with Gasteiger partial charge in [0.25, 0.3) is 0 Å². The Balaban J connectivity index is 2.98. The number of benzene rings is 1. The van der Waals surface area contributed by atoms with Crippen LogP contribution in [0.15, 0.2) is 24.3 Å². The zero-order valence-electron chi connectivity index (χ0n) is 19.6. The monoisotopic (exact) mass is 616 g/mol. The fourth-order valence-corrected chi connectivity index (χ4v) is 2.43. The summed E-state index contributed by atoms with van der Waals surface area (Å²) in [6, 6.07) is 2.81. The predicted octanol–water partition coefficient (Wildman–Crippen LogP) is 6.12. The number of hydrogen-bond donors (Lipinski definition) is 0. The van der Waals surface area contributed by atoms with E-state index in [1.807, 2.05) is 0 Å². The van der Waals surface area contributed by atoms with E-state index in [0.717, 1.165) is 0 Å². The smallest absolute Gasteiger partial charge is 0.455 e. The second-order valence-corrected chi connectivity index (χ2v) is 8.14. The molecule has 1 rings (SSSR count). The topological polar surface area (TPSA) is 78.9 Å². The maximum Gasteiger partial charge on any atom is 0.460 e. The molecule has 0 aliphatic rings. The normalized spacial score (nSPS) is 14.8. The van der Waals surface area contributed by atoms with E-state index in [-0.39, 0.29) is 0 Å². The molecule has 1 aromatic rings. The van der Waals surface area contributed by atoms with E-state index in [9.17, 15) is 75.8 Å². The lowest BCUT2D eigenvalue weighted by Crippen LogP contribution is -2.58. The van der Waals surface area contributed by atoms with Gasteiger partial charge in [0.2, 0.25) is 12.1 Å². The van der Waals surface area contributed by atoms with Crippen LogP contribution in [0.2, 0.25) is 0 Å². The highest BCUT2D eigenvalue weighted by molar-refractivity contribution is 6.03. The van der Waals surface area contributed by atoms with Gasteiger partial charge in [-0.1, -0.05) is 0 Å². The molecule has 0 spiro atoms. The molecule has 0 amide bonds. The summed E-state index contributed by atoms with van der Waals surface area (Å²) in [5.41, 5.74) is -3.40. The predicted molar refractivity (Wildman–Crippen MR) is 99.0 cm³/mol. The van der Waals surface area contributed by atoms with Gasteiger partial charge >= 0.3 is 48.0 Å². The Bertz CT molecular complexity index is 1110. The highest BCUT2D eigenvalue weighted by Gasteiger charge is 2.78. The lowest BCUT2D eigenvalue weighted by atomic mass is 9.96. The second-order valence-electron chi connectivity index (χ2n) is 8.14. The van der Waals surface area contributed by atoms with Gasteiger partial charge in [-0.2, -0.15) is 61.5 Å². The van der Waals surface area contributed by atoms with Crippen LogP contribution in [0.25, 0.3) is 0 Å². The van der Waals surface area contributed by atoms with E-state index in [4.69, 9.17) is 0 Å². The van der Waals surface area contributed by atoms with Gasteiger partial charge in [0, 0.05) is 12.5 Å². The quantitative estimate of drug-likeness (QED) is 0.136. The highest BCUT2D eigenvalue weighted by atomic mass is 19.4. The standard InChI is InChI=1S/C20H14F14O6/c1-8(39-12(36)15(21,22)17(25,26)19(29,30)31)38-10-6-4-9(5-7-10)11(35)14(2,3)40-13(37)16(23,24)18(27,28)20(32,33)34/h4-8H,1-3H3. The van der Waals surface area contributed by atoms with E-state index < -0.39 is 77.0 Å².